The molecule has 5 nitrogen and oxygen atoms in total. The molecular formula is C20H19ClN2O3. The van der Waals surface area contributed by atoms with Gasteiger partial charge in [0.25, 0.3) is 5.91 Å². The van der Waals surface area contributed by atoms with Crippen LogP contribution in [0.5, 0.6) is 0 Å². The number of hydrogen-bond donors (Lipinski definition) is 1. The van der Waals surface area contributed by atoms with Gasteiger partial charge in [0.1, 0.15) is 5.58 Å². The topological polar surface area (TPSA) is 62.6 Å². The molecule has 1 heterocycles. The van der Waals surface area contributed by atoms with E-state index in [-0.39, 0.29) is 17.2 Å². The summed E-state index contributed by atoms with van der Waals surface area (Å²) in [4.78, 5) is 26.6. The number of halogens is 1. The van der Waals surface area contributed by atoms with Crippen LogP contribution in [0.3, 0.4) is 0 Å². The van der Waals surface area contributed by atoms with Crippen molar-refractivity contribution in [3.05, 3.63) is 81.2 Å². The molecule has 3 aromatic rings. The zero-order chi connectivity index (χ0) is 18.7. The van der Waals surface area contributed by atoms with Gasteiger partial charge in [-0.25, -0.2) is 0 Å². The van der Waals surface area contributed by atoms with Crippen LogP contribution >= 0.6 is 11.6 Å². The van der Waals surface area contributed by atoms with Gasteiger partial charge in [-0.2, -0.15) is 0 Å². The second-order valence-corrected chi connectivity index (χ2v) is 6.59. The van der Waals surface area contributed by atoms with E-state index in [4.69, 9.17) is 16.0 Å². The molecule has 3 rings (SSSR count). The Labute approximate surface area is 156 Å². The number of benzene rings is 2. The highest BCUT2D eigenvalue weighted by atomic mass is 35.5. The van der Waals surface area contributed by atoms with Crippen LogP contribution < -0.4 is 10.7 Å². The Kier molecular flexibility index (Phi) is 5.40. The first kappa shape index (κ1) is 18.2. The summed E-state index contributed by atoms with van der Waals surface area (Å²) in [6.45, 7) is 0.325. The summed E-state index contributed by atoms with van der Waals surface area (Å²) in [5.41, 5.74) is 1.06. The van der Waals surface area contributed by atoms with Crippen LogP contribution in [0.2, 0.25) is 5.02 Å². The maximum Gasteiger partial charge on any atom is 0.287 e. The number of nitrogens with zero attached hydrogens (tertiary/aromatic N) is 1. The number of carbonyl (C=O) groups is 1. The lowest BCUT2D eigenvalue weighted by molar-refractivity contribution is 0.0914. The average molecular weight is 371 g/mol. The molecule has 1 atom stereocenters. The predicted octanol–water partition coefficient (Wildman–Crippen LogP) is 3.48. The van der Waals surface area contributed by atoms with Crippen LogP contribution in [0.1, 0.15) is 22.2 Å². The number of carbonyl (C=O) groups excluding carboxylic acids is 1. The SMILES string of the molecule is CN(C)[C@@H](CNC(=O)c1cc(=O)c2ccccc2o1)c1ccccc1Cl. The molecule has 0 saturated carbocycles. The minimum absolute atomic E-state index is 0.00892. The normalized spacial score (nSPS) is 12.3. The molecule has 0 bridgehead atoms. The van der Waals surface area contributed by atoms with Gasteiger partial charge in [-0.15, -0.1) is 0 Å². The smallest absolute Gasteiger partial charge is 0.287 e. The van der Waals surface area contributed by atoms with Crippen molar-refractivity contribution in [2.45, 2.75) is 6.04 Å². The van der Waals surface area contributed by atoms with E-state index in [1.807, 2.05) is 43.3 Å². The van der Waals surface area contributed by atoms with E-state index in [0.29, 0.717) is 22.5 Å². The molecule has 1 amide bonds. The summed E-state index contributed by atoms with van der Waals surface area (Å²) in [7, 11) is 3.83. The Hall–Kier alpha value is -2.63. The van der Waals surface area contributed by atoms with Crippen LogP contribution in [-0.4, -0.2) is 31.4 Å². The van der Waals surface area contributed by atoms with E-state index >= 15 is 0 Å². The highest BCUT2D eigenvalue weighted by Gasteiger charge is 2.19. The van der Waals surface area contributed by atoms with Crippen molar-refractivity contribution in [2.75, 3.05) is 20.6 Å². The molecule has 0 aliphatic heterocycles. The fourth-order valence-corrected chi connectivity index (χ4v) is 3.07. The number of amides is 1. The maximum atomic E-state index is 12.5. The third kappa shape index (κ3) is 3.79. The van der Waals surface area contributed by atoms with Gasteiger partial charge in [0.15, 0.2) is 11.2 Å². The van der Waals surface area contributed by atoms with E-state index < -0.39 is 5.91 Å². The minimum atomic E-state index is -0.438. The highest BCUT2D eigenvalue weighted by molar-refractivity contribution is 6.31. The predicted molar refractivity (Wildman–Crippen MR) is 103 cm³/mol. The number of fused-ring (bicyclic) bond motifs is 1. The lowest BCUT2D eigenvalue weighted by Gasteiger charge is -2.25. The standard InChI is InChI=1S/C20H19ClN2O3/c1-23(2)16(13-7-3-5-9-15(13)21)12-22-20(25)19-11-17(24)14-8-4-6-10-18(14)26-19/h3-11,16H,12H2,1-2H3,(H,22,25)/t16-/m0/s1. The molecular weight excluding hydrogens is 352 g/mol. The highest BCUT2D eigenvalue weighted by Crippen LogP contribution is 2.25. The van der Waals surface area contributed by atoms with E-state index in [2.05, 4.69) is 5.32 Å². The molecule has 6 heteroatoms. The number of nitrogens with one attached hydrogen (secondary N) is 1. The zero-order valence-corrected chi connectivity index (χ0v) is 15.3. The molecule has 26 heavy (non-hydrogen) atoms. The van der Waals surface area contributed by atoms with Crippen molar-refractivity contribution in [1.29, 1.82) is 0 Å². The third-order valence-electron chi connectivity index (χ3n) is 4.20. The van der Waals surface area contributed by atoms with E-state index in [1.54, 1.807) is 24.3 Å². The molecule has 0 unspecified atom stereocenters. The fraction of sp³-hybridized carbons (Fsp3) is 0.200. The van der Waals surface area contributed by atoms with Crippen molar-refractivity contribution in [3.63, 3.8) is 0 Å². The minimum Gasteiger partial charge on any atom is -0.451 e. The van der Waals surface area contributed by atoms with Crippen molar-refractivity contribution in [3.8, 4) is 0 Å². The van der Waals surface area contributed by atoms with Gasteiger partial charge < -0.3 is 14.6 Å². The van der Waals surface area contributed by atoms with Crippen molar-refractivity contribution in [1.82, 2.24) is 10.2 Å². The van der Waals surface area contributed by atoms with Gasteiger partial charge in [-0.3, -0.25) is 9.59 Å². The molecule has 1 N–H and O–H groups in total. The number of rotatable bonds is 5. The zero-order valence-electron chi connectivity index (χ0n) is 14.5. The summed E-state index contributed by atoms with van der Waals surface area (Å²) in [6.07, 6.45) is 0. The Bertz CT molecular complexity index is 998. The summed E-state index contributed by atoms with van der Waals surface area (Å²) < 4.78 is 5.57. The van der Waals surface area contributed by atoms with Crippen molar-refractivity contribution in [2.24, 2.45) is 0 Å². The summed E-state index contributed by atoms with van der Waals surface area (Å²) in [5.74, 6) is -0.447. The third-order valence-corrected chi connectivity index (χ3v) is 4.55. The van der Waals surface area contributed by atoms with Crippen molar-refractivity contribution >= 4 is 28.5 Å². The lowest BCUT2D eigenvalue weighted by Crippen LogP contribution is -2.35. The molecule has 0 aliphatic carbocycles. The van der Waals surface area contributed by atoms with Crippen LogP contribution in [0.25, 0.3) is 11.0 Å². The quantitative estimate of drug-likeness (QED) is 0.746. The van der Waals surface area contributed by atoms with Crippen LogP contribution in [0, 0.1) is 0 Å². The monoisotopic (exact) mass is 370 g/mol. The molecule has 0 radical (unpaired) electrons. The first-order valence-electron chi connectivity index (χ1n) is 8.19. The summed E-state index contributed by atoms with van der Waals surface area (Å²) in [6, 6.07) is 15.5. The van der Waals surface area contributed by atoms with Crippen LogP contribution in [0.4, 0.5) is 0 Å². The van der Waals surface area contributed by atoms with Gasteiger partial charge in [0.05, 0.1) is 11.4 Å². The molecule has 2 aromatic carbocycles. The largest absolute Gasteiger partial charge is 0.451 e. The fourth-order valence-electron chi connectivity index (χ4n) is 2.81. The molecule has 0 saturated heterocycles. The van der Waals surface area contributed by atoms with E-state index in [1.165, 1.54) is 6.07 Å². The van der Waals surface area contributed by atoms with E-state index in [0.717, 1.165) is 5.56 Å². The second kappa shape index (κ2) is 7.72. The van der Waals surface area contributed by atoms with Gasteiger partial charge in [0.2, 0.25) is 0 Å². The van der Waals surface area contributed by atoms with Crippen LogP contribution in [-0.2, 0) is 0 Å². The lowest BCUT2D eigenvalue weighted by atomic mass is 10.1. The van der Waals surface area contributed by atoms with E-state index in [9.17, 15) is 9.59 Å². The Morgan fingerprint density at radius 3 is 2.58 bits per heavy atom. The van der Waals surface area contributed by atoms with Gasteiger partial charge in [-0.1, -0.05) is 41.9 Å². The first-order chi connectivity index (χ1) is 12.5. The molecule has 1 aromatic heterocycles. The molecule has 0 spiro atoms. The summed E-state index contributed by atoms with van der Waals surface area (Å²) in [5, 5.41) is 3.91. The number of likely N-dealkylation sites (N-methyl/N-ethyl adjacent to an activating group) is 1. The Morgan fingerprint density at radius 1 is 1.15 bits per heavy atom. The number of para-hydroxylation sites is 1. The Balaban J connectivity index is 1.81. The maximum absolute atomic E-state index is 12.5. The van der Waals surface area contributed by atoms with Crippen molar-refractivity contribution < 1.29 is 9.21 Å². The molecule has 134 valence electrons. The second-order valence-electron chi connectivity index (χ2n) is 6.18. The Morgan fingerprint density at radius 2 is 1.85 bits per heavy atom. The molecule has 0 fully saturated rings. The summed E-state index contributed by atoms with van der Waals surface area (Å²) >= 11 is 6.28. The number of hydrogen-bond acceptors (Lipinski definition) is 4. The average Bonchev–Trinajstić information content (AvgIpc) is 2.63. The molecule has 0 aliphatic rings. The first-order valence-corrected chi connectivity index (χ1v) is 8.57. The van der Waals surface area contributed by atoms with Gasteiger partial charge >= 0.3 is 0 Å². The van der Waals surface area contributed by atoms with Gasteiger partial charge in [-0.05, 0) is 37.9 Å². The van der Waals surface area contributed by atoms with Crippen LogP contribution in [0.15, 0.2) is 63.8 Å². The van der Waals surface area contributed by atoms with Gasteiger partial charge in [0, 0.05) is 17.6 Å².